The zero-order valence-corrected chi connectivity index (χ0v) is 72.8. The van der Waals surface area contributed by atoms with E-state index in [1.807, 2.05) is 27.7 Å². The van der Waals surface area contributed by atoms with Crippen LogP contribution >= 0.6 is 0 Å². The fourth-order valence-corrected chi connectivity index (χ4v) is 15.8. The molecule has 6 aromatic carbocycles. The van der Waals surface area contributed by atoms with Crippen LogP contribution in [0.4, 0.5) is 17.1 Å². The number of nitro benzene ring substituents is 3. The molecule has 0 radical (unpaired) electrons. The van der Waals surface area contributed by atoms with E-state index in [4.69, 9.17) is 37.9 Å². The summed E-state index contributed by atoms with van der Waals surface area (Å²) >= 11 is 0. The second-order valence-corrected chi connectivity index (χ2v) is 35.8. The lowest BCUT2D eigenvalue weighted by atomic mass is 9.73. The van der Waals surface area contributed by atoms with Crippen molar-refractivity contribution in [3.8, 4) is 34.5 Å². The number of benzene rings is 6. The average molecular weight is 1610 g/mol. The maximum absolute atomic E-state index is 12.5. The number of nitro groups is 4. The molecule has 0 saturated heterocycles. The number of ether oxygens (including phenoxy) is 8. The van der Waals surface area contributed by atoms with Crippen LogP contribution in [-0.4, -0.2) is 84.8 Å². The zero-order valence-electron chi connectivity index (χ0n) is 72.8. The summed E-state index contributed by atoms with van der Waals surface area (Å²) in [5, 5.41) is 49.8. The first-order valence-corrected chi connectivity index (χ1v) is 42.4. The van der Waals surface area contributed by atoms with Crippen LogP contribution in [0.2, 0.25) is 0 Å². The fourth-order valence-electron chi connectivity index (χ4n) is 15.8. The molecule has 0 amide bonds. The highest BCUT2D eigenvalue weighted by molar-refractivity contribution is 5.62. The summed E-state index contributed by atoms with van der Waals surface area (Å²) in [4.78, 5) is 47.7. The minimum atomic E-state index is -0.764. The first kappa shape index (κ1) is 93.1. The van der Waals surface area contributed by atoms with Crippen molar-refractivity contribution in [2.24, 2.45) is 17.3 Å². The molecule has 4 unspecified atom stereocenters. The quantitative estimate of drug-likeness (QED) is 0.0327. The van der Waals surface area contributed by atoms with E-state index in [9.17, 15) is 40.5 Å². The molecule has 0 spiro atoms. The lowest BCUT2D eigenvalue weighted by molar-refractivity contribution is -0.420. The smallest absolute Gasteiger partial charge is 0.270 e. The molecule has 16 bridgehead atoms. The third kappa shape index (κ3) is 23.5. The van der Waals surface area contributed by atoms with E-state index >= 15 is 0 Å². The fraction of sp³-hybridized carbons (Fsp3) is 0.546. The van der Waals surface area contributed by atoms with Crippen molar-refractivity contribution in [3.05, 3.63) is 243 Å². The van der Waals surface area contributed by atoms with Crippen molar-refractivity contribution in [2.45, 2.75) is 277 Å². The number of non-ortho nitro benzene ring substituents is 3. The van der Waals surface area contributed by atoms with Gasteiger partial charge in [-0.25, -0.2) is 0 Å². The molecule has 117 heavy (non-hydrogen) atoms. The predicted molar refractivity (Wildman–Crippen MR) is 468 cm³/mol. The Morgan fingerprint density at radius 1 is 0.308 bits per heavy atom. The summed E-state index contributed by atoms with van der Waals surface area (Å²) in [6.45, 7) is 48.3. The van der Waals surface area contributed by atoms with Gasteiger partial charge in [0.15, 0.2) is 0 Å². The normalized spacial score (nSPS) is 16.8. The minimum absolute atomic E-state index is 0. The van der Waals surface area contributed by atoms with E-state index in [0.29, 0.717) is 121 Å². The van der Waals surface area contributed by atoms with E-state index in [1.165, 1.54) is 110 Å². The van der Waals surface area contributed by atoms with Crippen LogP contribution in [0, 0.1) is 57.7 Å². The highest BCUT2D eigenvalue weighted by Gasteiger charge is 2.39. The van der Waals surface area contributed by atoms with Crippen molar-refractivity contribution < 1.29 is 57.6 Å². The number of hydrogen-bond donors (Lipinski definition) is 0. The van der Waals surface area contributed by atoms with Crippen molar-refractivity contribution in [1.82, 2.24) is 0 Å². The molecule has 20 heteroatoms. The van der Waals surface area contributed by atoms with Crippen LogP contribution in [0.1, 0.15) is 281 Å². The molecule has 10 rings (SSSR count). The number of rotatable bonds is 28. The van der Waals surface area contributed by atoms with Gasteiger partial charge in [-0.3, -0.25) is 40.5 Å². The Labute approximate surface area is 696 Å². The SMILES string of the molecule is C.CCCOc1c2cc(C(C)(C)C)cc1Cc1cc(C(C)(C)C)cc(c1OCCC)Cc1cc(C(C)(C)C)cc(c1OCCC)CC1C=C(C(C)(C)C)C=C(C2)C1OCCC.CCCOc1c2cc([N+](=O)[O-])cc1Cc1cc([N+](=O)[O-])cc(c1OCCC)Cc1cc([N+](=O)[O-])cc(c1OCCC)CC1C=C([N+](=O)[O-])C=C(C2)C1OCCC. The van der Waals surface area contributed by atoms with Gasteiger partial charge in [0.1, 0.15) is 34.5 Å². The second-order valence-electron chi connectivity index (χ2n) is 35.8. The number of allylic oxidation sites excluding steroid dienone is 3. The van der Waals surface area contributed by atoms with Gasteiger partial charge in [-0.05, 0) is 165 Å². The molecule has 0 aliphatic heterocycles. The summed E-state index contributed by atoms with van der Waals surface area (Å²) < 4.78 is 53.4. The van der Waals surface area contributed by atoms with E-state index in [1.54, 1.807) is 0 Å². The first-order chi connectivity index (χ1) is 55.0. The largest absolute Gasteiger partial charge is 0.493 e. The Bertz CT molecular complexity index is 4650. The molecule has 4 aliphatic rings. The minimum Gasteiger partial charge on any atom is -0.493 e. The molecule has 4 atom stereocenters. The van der Waals surface area contributed by atoms with Gasteiger partial charge < -0.3 is 37.9 Å². The topological polar surface area (TPSA) is 246 Å². The van der Waals surface area contributed by atoms with Crippen LogP contribution in [0.3, 0.4) is 0 Å². The number of nitrogens with zero attached hydrogens (tertiary/aromatic N) is 4. The molecule has 6 aromatic rings. The molecule has 636 valence electrons. The molecule has 4 aliphatic carbocycles. The van der Waals surface area contributed by atoms with Crippen molar-refractivity contribution >= 4 is 17.1 Å². The first-order valence-electron chi connectivity index (χ1n) is 42.4. The highest BCUT2D eigenvalue weighted by atomic mass is 16.6. The Morgan fingerprint density at radius 2 is 0.547 bits per heavy atom. The van der Waals surface area contributed by atoms with Gasteiger partial charge >= 0.3 is 0 Å². The molecule has 0 fully saturated rings. The van der Waals surface area contributed by atoms with Crippen LogP contribution in [0.5, 0.6) is 34.5 Å². The van der Waals surface area contributed by atoms with E-state index in [2.05, 4.69) is 159 Å². The predicted octanol–water partition coefficient (Wildman–Crippen LogP) is 23.8. The highest BCUT2D eigenvalue weighted by Crippen LogP contribution is 2.48. The Balaban J connectivity index is 0.000000290. The lowest BCUT2D eigenvalue weighted by Gasteiger charge is -2.36. The van der Waals surface area contributed by atoms with Crippen molar-refractivity contribution in [3.63, 3.8) is 0 Å². The van der Waals surface area contributed by atoms with Gasteiger partial charge in [0.25, 0.3) is 22.8 Å². The van der Waals surface area contributed by atoms with Gasteiger partial charge in [-0.1, -0.05) is 194 Å². The Hall–Kier alpha value is -9.40. The van der Waals surface area contributed by atoms with Crippen molar-refractivity contribution in [1.29, 1.82) is 0 Å². The molecular weight excluding hydrogens is 1480 g/mol. The zero-order chi connectivity index (χ0) is 84.7. The molecule has 0 aromatic heterocycles. The lowest BCUT2D eigenvalue weighted by Crippen LogP contribution is -2.33. The van der Waals surface area contributed by atoms with Crippen LogP contribution < -0.4 is 28.4 Å². The maximum atomic E-state index is 12.5. The third-order valence-corrected chi connectivity index (χ3v) is 21.6. The van der Waals surface area contributed by atoms with Crippen molar-refractivity contribution in [2.75, 3.05) is 52.9 Å². The third-order valence-electron chi connectivity index (χ3n) is 21.6. The summed E-state index contributed by atoms with van der Waals surface area (Å²) in [5.41, 5.74) is 15.5. The summed E-state index contributed by atoms with van der Waals surface area (Å²) in [5.74, 6) is 3.42. The van der Waals surface area contributed by atoms with Crippen LogP contribution in [0.15, 0.2) is 120 Å². The van der Waals surface area contributed by atoms with Crippen LogP contribution in [-0.2, 0) is 77.1 Å². The Morgan fingerprint density at radius 3 is 0.821 bits per heavy atom. The number of fused-ring (bicyclic) bond motifs is 16. The molecule has 20 nitrogen and oxygen atoms in total. The van der Waals surface area contributed by atoms with E-state index < -0.39 is 31.7 Å². The van der Waals surface area contributed by atoms with E-state index in [-0.39, 0.29) is 116 Å². The van der Waals surface area contributed by atoms with Gasteiger partial charge in [0.05, 0.1) is 71.5 Å². The van der Waals surface area contributed by atoms with Crippen LogP contribution in [0.25, 0.3) is 0 Å². The monoisotopic (exact) mass is 1610 g/mol. The van der Waals surface area contributed by atoms with Gasteiger partial charge in [-0.2, -0.15) is 0 Å². The summed E-state index contributed by atoms with van der Waals surface area (Å²) in [6, 6.07) is 22.9. The molecule has 0 N–H and O–H groups in total. The van der Waals surface area contributed by atoms with Gasteiger partial charge in [0, 0.05) is 133 Å². The summed E-state index contributed by atoms with van der Waals surface area (Å²) in [6.07, 6.45) is 16.1. The second kappa shape index (κ2) is 40.8. The van der Waals surface area contributed by atoms with Gasteiger partial charge in [0.2, 0.25) is 0 Å². The van der Waals surface area contributed by atoms with E-state index in [0.717, 1.165) is 55.8 Å². The molecule has 0 saturated carbocycles. The maximum Gasteiger partial charge on any atom is 0.270 e. The standard InChI is InChI=1S/C56H82O4.C40H46N4O12.CH4/c1-17-21-57-49-37-25-39-31-46(54(8,9)10)33-41(50(39)58-22-18-2)27-43-35-48(56(14,15)16)36-44(52(43)60-24-20-4)28-42-34-47(55(11,12)13)32-40(51(42)59-23-19-3)26-38(49)30-45(29-37)53(5,6)7;1-5-9-53-37-25-13-27-19-34(42(47)48)21-29(38(27)54-10-6-2)15-31-23-36(44(51)52)24-32(40(31)56-12-8-4)16-30-22-35(43(49)50)20-28(39(30)55-11-7-3)14-26(37)18-33(17-25)41(45)46;/h29-37,49H,17-28H2,1-16H3;17-25,37H,5-16H2,1-4H3;1H4. The molecule has 0 heterocycles. The van der Waals surface area contributed by atoms with Gasteiger partial charge in [-0.15, -0.1) is 0 Å². The Kier molecular flexibility index (Phi) is 32.5. The number of hydrogen-bond acceptors (Lipinski definition) is 16. The summed E-state index contributed by atoms with van der Waals surface area (Å²) in [7, 11) is 0. The average Bonchev–Trinajstić information content (AvgIpc) is 0.824. The molecular formula is C97H132N4O16.